The fourth-order valence-electron chi connectivity index (χ4n) is 2.24. The highest BCUT2D eigenvalue weighted by Crippen LogP contribution is 2.17. The number of thiazole rings is 1. The lowest BCUT2D eigenvalue weighted by atomic mass is 10.2. The van der Waals surface area contributed by atoms with Crippen molar-refractivity contribution in [3.8, 4) is 5.75 Å². The summed E-state index contributed by atoms with van der Waals surface area (Å²) < 4.78 is 5.96. The van der Waals surface area contributed by atoms with E-state index in [1.54, 1.807) is 18.4 Å². The van der Waals surface area contributed by atoms with Crippen LogP contribution in [-0.4, -0.2) is 37.2 Å². The van der Waals surface area contributed by atoms with Gasteiger partial charge in [-0.3, -0.25) is 4.99 Å². The van der Waals surface area contributed by atoms with Crippen LogP contribution >= 0.6 is 11.3 Å². The highest BCUT2D eigenvalue weighted by molar-refractivity contribution is 7.09. The fourth-order valence-corrected chi connectivity index (χ4v) is 2.89. The zero-order valence-corrected chi connectivity index (χ0v) is 15.6. The predicted molar refractivity (Wildman–Crippen MR) is 101 cm³/mol. The van der Waals surface area contributed by atoms with Gasteiger partial charge < -0.3 is 15.4 Å². The van der Waals surface area contributed by atoms with Gasteiger partial charge in [-0.15, -0.1) is 11.3 Å². The van der Waals surface area contributed by atoms with Crippen LogP contribution in [0.4, 0.5) is 0 Å². The van der Waals surface area contributed by atoms with Crippen LogP contribution in [0.5, 0.6) is 5.75 Å². The highest BCUT2D eigenvalue weighted by Gasteiger charge is 2.07. The van der Waals surface area contributed by atoms with Gasteiger partial charge in [0.05, 0.1) is 17.2 Å². The Bertz CT molecular complexity index is 669. The minimum atomic E-state index is 0.0471. The number of hydrogen-bond acceptors (Lipinski definition) is 4. The third kappa shape index (κ3) is 5.85. The average Bonchev–Trinajstić information content (AvgIpc) is 2.98. The number of para-hydroxylation sites is 1. The van der Waals surface area contributed by atoms with Gasteiger partial charge in [0.15, 0.2) is 5.96 Å². The van der Waals surface area contributed by atoms with Crippen molar-refractivity contribution >= 4 is 17.3 Å². The van der Waals surface area contributed by atoms with E-state index >= 15 is 0 Å². The van der Waals surface area contributed by atoms with Gasteiger partial charge in [-0.25, -0.2) is 4.98 Å². The first-order chi connectivity index (χ1) is 11.6. The molecule has 0 spiro atoms. The molecule has 1 unspecified atom stereocenters. The molecule has 0 saturated heterocycles. The van der Waals surface area contributed by atoms with Crippen molar-refractivity contribution in [3.05, 3.63) is 45.9 Å². The van der Waals surface area contributed by atoms with Crippen LogP contribution in [0.3, 0.4) is 0 Å². The number of hydrogen-bond donors (Lipinski definition) is 2. The first-order valence-corrected chi connectivity index (χ1v) is 9.04. The van der Waals surface area contributed by atoms with Crippen LogP contribution in [0, 0.1) is 13.8 Å². The number of rotatable bonds is 7. The zero-order valence-electron chi connectivity index (χ0n) is 14.8. The molecule has 5 nitrogen and oxygen atoms in total. The van der Waals surface area contributed by atoms with E-state index in [1.165, 1.54) is 0 Å². The molecule has 0 aliphatic heterocycles. The Morgan fingerprint density at radius 3 is 2.75 bits per heavy atom. The fraction of sp³-hybridized carbons (Fsp3) is 0.444. The van der Waals surface area contributed by atoms with E-state index < -0.39 is 0 Å². The van der Waals surface area contributed by atoms with E-state index in [4.69, 9.17) is 4.74 Å². The average molecular weight is 347 g/mol. The summed E-state index contributed by atoms with van der Waals surface area (Å²) in [6, 6.07) is 8.05. The highest BCUT2D eigenvalue weighted by atomic mass is 32.1. The largest absolute Gasteiger partial charge is 0.489 e. The standard InChI is InChI=1S/C18H26N4OS/c1-13-7-5-6-8-17(13)23-14(2)11-21-18(19-4)20-10-9-16-12-24-15(3)22-16/h5-8,12,14H,9-11H2,1-4H3,(H2,19,20,21). The predicted octanol–water partition coefficient (Wildman–Crippen LogP) is 2.93. The molecule has 1 aromatic heterocycles. The molecule has 6 heteroatoms. The Kier molecular flexibility index (Phi) is 7.06. The monoisotopic (exact) mass is 346 g/mol. The number of nitrogens with one attached hydrogen (secondary N) is 2. The molecule has 2 rings (SSSR count). The summed E-state index contributed by atoms with van der Waals surface area (Å²) in [7, 11) is 1.77. The molecule has 1 aromatic carbocycles. The molecule has 0 aliphatic rings. The van der Waals surface area contributed by atoms with Crippen molar-refractivity contribution in [1.29, 1.82) is 0 Å². The van der Waals surface area contributed by atoms with Crippen molar-refractivity contribution in [2.75, 3.05) is 20.1 Å². The molecule has 130 valence electrons. The summed E-state index contributed by atoms with van der Waals surface area (Å²) in [5, 5.41) is 9.81. The molecule has 24 heavy (non-hydrogen) atoms. The Morgan fingerprint density at radius 1 is 1.29 bits per heavy atom. The van der Waals surface area contributed by atoms with Crippen LogP contribution in [0.2, 0.25) is 0 Å². The van der Waals surface area contributed by atoms with E-state index in [2.05, 4.69) is 39.0 Å². The van der Waals surface area contributed by atoms with Gasteiger partial charge in [0, 0.05) is 25.4 Å². The number of benzene rings is 1. The number of guanidine groups is 1. The number of nitrogens with zero attached hydrogens (tertiary/aromatic N) is 2. The molecule has 2 N–H and O–H groups in total. The van der Waals surface area contributed by atoms with Crippen LogP contribution in [0.25, 0.3) is 0 Å². The molecule has 0 fully saturated rings. The third-order valence-corrected chi connectivity index (χ3v) is 4.36. The normalized spacial score (nSPS) is 12.8. The van der Waals surface area contributed by atoms with Crippen molar-refractivity contribution in [2.45, 2.75) is 33.3 Å². The molecule has 1 atom stereocenters. The number of ether oxygens (including phenoxy) is 1. The van der Waals surface area contributed by atoms with Crippen molar-refractivity contribution in [2.24, 2.45) is 4.99 Å². The molecule has 0 aliphatic carbocycles. The van der Waals surface area contributed by atoms with E-state index in [9.17, 15) is 0 Å². The van der Waals surface area contributed by atoms with E-state index in [1.807, 2.05) is 32.0 Å². The second kappa shape index (κ2) is 9.27. The third-order valence-electron chi connectivity index (χ3n) is 3.54. The topological polar surface area (TPSA) is 58.5 Å². The lowest BCUT2D eigenvalue weighted by molar-refractivity contribution is 0.222. The summed E-state index contributed by atoms with van der Waals surface area (Å²) in [5.41, 5.74) is 2.27. The molecule has 0 radical (unpaired) electrons. The summed E-state index contributed by atoms with van der Waals surface area (Å²) >= 11 is 1.68. The van der Waals surface area contributed by atoms with Gasteiger partial charge in [0.25, 0.3) is 0 Å². The molecular weight excluding hydrogens is 320 g/mol. The van der Waals surface area contributed by atoms with E-state index in [0.717, 1.165) is 40.9 Å². The molecule has 1 heterocycles. The molecule has 0 bridgehead atoms. The van der Waals surface area contributed by atoms with Gasteiger partial charge in [-0.1, -0.05) is 18.2 Å². The second-order valence-electron chi connectivity index (χ2n) is 5.68. The van der Waals surface area contributed by atoms with Crippen LogP contribution in [-0.2, 0) is 6.42 Å². The summed E-state index contributed by atoms with van der Waals surface area (Å²) in [4.78, 5) is 8.70. The van der Waals surface area contributed by atoms with Crippen LogP contribution in [0.1, 0.15) is 23.2 Å². The molecule has 0 saturated carbocycles. The second-order valence-corrected chi connectivity index (χ2v) is 6.74. The number of aryl methyl sites for hydroxylation is 2. The Hall–Kier alpha value is -2.08. The van der Waals surface area contributed by atoms with E-state index in [-0.39, 0.29) is 6.10 Å². The minimum absolute atomic E-state index is 0.0471. The molecule has 2 aromatic rings. The maximum absolute atomic E-state index is 5.96. The first-order valence-electron chi connectivity index (χ1n) is 8.16. The SMILES string of the molecule is CN=C(NCCc1csc(C)n1)NCC(C)Oc1ccccc1C. The smallest absolute Gasteiger partial charge is 0.191 e. The van der Waals surface area contributed by atoms with Crippen molar-refractivity contribution in [1.82, 2.24) is 15.6 Å². The summed E-state index contributed by atoms with van der Waals surface area (Å²) in [6.07, 6.45) is 0.936. The molecule has 0 amide bonds. The first kappa shape index (κ1) is 18.3. The summed E-state index contributed by atoms with van der Waals surface area (Å²) in [5.74, 6) is 1.70. The quantitative estimate of drug-likeness (QED) is 0.598. The van der Waals surface area contributed by atoms with Gasteiger partial charge in [0.1, 0.15) is 11.9 Å². The summed E-state index contributed by atoms with van der Waals surface area (Å²) in [6.45, 7) is 7.61. The Balaban J connectivity index is 1.71. The Labute approximate surface area is 148 Å². The molecular formula is C18H26N4OS. The Morgan fingerprint density at radius 2 is 2.08 bits per heavy atom. The minimum Gasteiger partial charge on any atom is -0.489 e. The van der Waals surface area contributed by atoms with Crippen LogP contribution in [0.15, 0.2) is 34.6 Å². The van der Waals surface area contributed by atoms with Gasteiger partial charge in [-0.05, 0) is 32.4 Å². The zero-order chi connectivity index (χ0) is 17.4. The lowest BCUT2D eigenvalue weighted by Crippen LogP contribution is -2.42. The van der Waals surface area contributed by atoms with Crippen molar-refractivity contribution < 1.29 is 4.74 Å². The van der Waals surface area contributed by atoms with Crippen LogP contribution < -0.4 is 15.4 Å². The maximum atomic E-state index is 5.96. The van der Waals surface area contributed by atoms with E-state index in [0.29, 0.717) is 6.54 Å². The van der Waals surface area contributed by atoms with Crippen molar-refractivity contribution in [3.63, 3.8) is 0 Å². The maximum Gasteiger partial charge on any atom is 0.191 e. The lowest BCUT2D eigenvalue weighted by Gasteiger charge is -2.18. The van der Waals surface area contributed by atoms with Gasteiger partial charge in [-0.2, -0.15) is 0 Å². The van der Waals surface area contributed by atoms with Gasteiger partial charge in [0.2, 0.25) is 0 Å². The van der Waals surface area contributed by atoms with Gasteiger partial charge >= 0.3 is 0 Å². The number of aliphatic imine (C=N–C) groups is 1. The number of aromatic nitrogens is 1.